The van der Waals surface area contributed by atoms with Gasteiger partial charge >= 0.3 is 0 Å². The summed E-state index contributed by atoms with van der Waals surface area (Å²) in [4.78, 5) is 4.34. The first-order chi connectivity index (χ1) is 7.07. The van der Waals surface area contributed by atoms with Crippen molar-refractivity contribution in [3.63, 3.8) is 0 Å². The van der Waals surface area contributed by atoms with E-state index in [0.29, 0.717) is 11.5 Å². The molecule has 0 fully saturated rings. The molecule has 4 heteroatoms. The minimum absolute atomic E-state index is 0.635. The van der Waals surface area contributed by atoms with Crippen LogP contribution in [-0.2, 0) is 5.60 Å². The molecule has 0 saturated carbocycles. The van der Waals surface area contributed by atoms with Crippen molar-refractivity contribution in [2.45, 2.75) is 19.4 Å². The maximum Gasteiger partial charge on any atom is 0.153 e. The molecule has 0 aliphatic heterocycles. The minimum atomic E-state index is -0.927. The molecule has 1 N–H and O–H groups in total. The van der Waals surface area contributed by atoms with Crippen LogP contribution in [0.5, 0.6) is 0 Å². The molecule has 0 aliphatic carbocycles. The highest BCUT2D eigenvalue weighted by Gasteiger charge is 2.17. The Hall–Kier alpha value is -1.68. The van der Waals surface area contributed by atoms with E-state index >= 15 is 0 Å². The number of nitrogens with zero attached hydrogens (tertiary/aromatic N) is 3. The van der Waals surface area contributed by atoms with Crippen molar-refractivity contribution in [3.8, 4) is 5.82 Å². The van der Waals surface area contributed by atoms with Crippen LogP contribution in [-0.4, -0.2) is 19.9 Å². The Morgan fingerprint density at radius 1 is 1.27 bits per heavy atom. The Labute approximate surface area is 88.2 Å². The molecule has 0 bridgehead atoms. The summed E-state index contributed by atoms with van der Waals surface area (Å²) < 4.78 is 1.66. The quantitative estimate of drug-likeness (QED) is 0.804. The van der Waals surface area contributed by atoms with Crippen molar-refractivity contribution in [1.29, 1.82) is 0 Å². The van der Waals surface area contributed by atoms with Crippen LogP contribution < -0.4 is 0 Å². The van der Waals surface area contributed by atoms with Gasteiger partial charge in [-0.15, -0.1) is 0 Å². The molecule has 0 aromatic carbocycles. The molecule has 0 spiro atoms. The van der Waals surface area contributed by atoms with Gasteiger partial charge in [0.05, 0.1) is 5.69 Å². The smallest absolute Gasteiger partial charge is 0.153 e. The normalized spacial score (nSPS) is 11.7. The zero-order valence-electron chi connectivity index (χ0n) is 8.75. The fourth-order valence-corrected chi connectivity index (χ4v) is 1.30. The highest BCUT2D eigenvalue weighted by molar-refractivity contribution is 5.25. The third-order valence-electron chi connectivity index (χ3n) is 2.10. The van der Waals surface area contributed by atoms with Gasteiger partial charge in [0.25, 0.3) is 0 Å². The van der Waals surface area contributed by atoms with Gasteiger partial charge in [-0.05, 0) is 32.0 Å². The van der Waals surface area contributed by atoms with Crippen LogP contribution >= 0.6 is 0 Å². The van der Waals surface area contributed by atoms with Crippen LogP contribution in [0.25, 0.3) is 5.82 Å². The lowest BCUT2D eigenvalue weighted by Crippen LogP contribution is -2.18. The molecule has 0 amide bonds. The van der Waals surface area contributed by atoms with Crippen LogP contribution in [0, 0.1) is 0 Å². The van der Waals surface area contributed by atoms with E-state index in [1.54, 1.807) is 30.8 Å². The topological polar surface area (TPSA) is 50.9 Å². The molecule has 0 atom stereocenters. The predicted molar refractivity (Wildman–Crippen MR) is 56.6 cm³/mol. The van der Waals surface area contributed by atoms with Crippen molar-refractivity contribution in [1.82, 2.24) is 14.8 Å². The molecule has 0 unspecified atom stereocenters. The summed E-state index contributed by atoms with van der Waals surface area (Å²) in [6.45, 7) is 3.42. The van der Waals surface area contributed by atoms with Gasteiger partial charge in [0.2, 0.25) is 0 Å². The Balaban J connectivity index is 2.44. The first-order valence-electron chi connectivity index (χ1n) is 4.77. The molecule has 0 radical (unpaired) electrons. The number of aliphatic hydroxyl groups is 1. The van der Waals surface area contributed by atoms with Crippen molar-refractivity contribution in [2.24, 2.45) is 0 Å². The van der Waals surface area contributed by atoms with Crippen LogP contribution in [0.3, 0.4) is 0 Å². The number of rotatable bonds is 2. The number of aromatic nitrogens is 3. The highest BCUT2D eigenvalue weighted by Crippen LogP contribution is 2.17. The average Bonchev–Trinajstić information content (AvgIpc) is 2.69. The van der Waals surface area contributed by atoms with E-state index in [-0.39, 0.29) is 0 Å². The zero-order valence-corrected chi connectivity index (χ0v) is 8.75. The lowest BCUT2D eigenvalue weighted by molar-refractivity contribution is 0.0738. The van der Waals surface area contributed by atoms with Crippen molar-refractivity contribution >= 4 is 0 Å². The maximum atomic E-state index is 9.82. The molecule has 2 rings (SSSR count). The van der Waals surface area contributed by atoms with Crippen LogP contribution in [0.1, 0.15) is 19.5 Å². The molecule has 15 heavy (non-hydrogen) atoms. The Bertz CT molecular complexity index is 443. The zero-order chi connectivity index (χ0) is 10.9. The van der Waals surface area contributed by atoms with Crippen LogP contribution in [0.15, 0.2) is 36.7 Å². The average molecular weight is 203 g/mol. The van der Waals surface area contributed by atoms with E-state index in [0.717, 1.165) is 0 Å². The molecular formula is C11H13N3O. The lowest BCUT2D eigenvalue weighted by Gasteiger charge is -2.16. The van der Waals surface area contributed by atoms with Gasteiger partial charge in [-0.3, -0.25) is 0 Å². The summed E-state index contributed by atoms with van der Waals surface area (Å²) in [5, 5.41) is 13.9. The van der Waals surface area contributed by atoms with E-state index in [1.807, 2.05) is 24.4 Å². The van der Waals surface area contributed by atoms with Crippen LogP contribution in [0.2, 0.25) is 0 Å². The Morgan fingerprint density at radius 3 is 2.67 bits per heavy atom. The Morgan fingerprint density at radius 2 is 2.07 bits per heavy atom. The summed E-state index contributed by atoms with van der Waals surface area (Å²) in [7, 11) is 0. The van der Waals surface area contributed by atoms with Gasteiger partial charge < -0.3 is 5.11 Å². The van der Waals surface area contributed by atoms with Gasteiger partial charge in [-0.2, -0.15) is 5.10 Å². The Kier molecular flexibility index (Phi) is 2.28. The second-order valence-electron chi connectivity index (χ2n) is 3.89. The van der Waals surface area contributed by atoms with Crippen molar-refractivity contribution in [2.75, 3.05) is 0 Å². The summed E-state index contributed by atoms with van der Waals surface area (Å²) in [5.74, 6) is 0.708. The minimum Gasteiger partial charge on any atom is -0.384 e. The molecule has 2 heterocycles. The standard InChI is InChI=1S/C11H13N3O/c1-11(2,15)9-5-3-6-10(13-9)14-8-4-7-12-14/h3-8,15H,1-2H3. The summed E-state index contributed by atoms with van der Waals surface area (Å²) >= 11 is 0. The highest BCUT2D eigenvalue weighted by atomic mass is 16.3. The van der Waals surface area contributed by atoms with E-state index in [9.17, 15) is 5.11 Å². The second-order valence-corrected chi connectivity index (χ2v) is 3.89. The molecule has 0 saturated heterocycles. The molecule has 2 aromatic rings. The first-order valence-corrected chi connectivity index (χ1v) is 4.77. The fourth-order valence-electron chi connectivity index (χ4n) is 1.30. The van der Waals surface area contributed by atoms with Crippen molar-refractivity contribution in [3.05, 3.63) is 42.4 Å². The van der Waals surface area contributed by atoms with Gasteiger partial charge in [0.1, 0.15) is 5.60 Å². The van der Waals surface area contributed by atoms with Crippen molar-refractivity contribution < 1.29 is 5.11 Å². The molecular weight excluding hydrogens is 190 g/mol. The van der Waals surface area contributed by atoms with E-state index in [1.165, 1.54) is 0 Å². The molecule has 4 nitrogen and oxygen atoms in total. The van der Waals surface area contributed by atoms with E-state index in [4.69, 9.17) is 0 Å². The third-order valence-corrected chi connectivity index (χ3v) is 2.10. The maximum absolute atomic E-state index is 9.82. The number of pyridine rings is 1. The van der Waals surface area contributed by atoms with Gasteiger partial charge in [-0.1, -0.05) is 6.07 Å². The second kappa shape index (κ2) is 3.47. The largest absolute Gasteiger partial charge is 0.384 e. The number of hydrogen-bond donors (Lipinski definition) is 1. The third kappa shape index (κ3) is 2.05. The molecule has 2 aromatic heterocycles. The molecule has 78 valence electrons. The summed E-state index contributed by atoms with van der Waals surface area (Å²) in [6.07, 6.45) is 3.51. The predicted octanol–water partition coefficient (Wildman–Crippen LogP) is 1.49. The monoisotopic (exact) mass is 203 g/mol. The van der Waals surface area contributed by atoms with Crippen LogP contribution in [0.4, 0.5) is 0 Å². The summed E-state index contributed by atoms with van der Waals surface area (Å²) in [5.41, 5.74) is -0.293. The fraction of sp³-hybridized carbons (Fsp3) is 0.273. The van der Waals surface area contributed by atoms with Gasteiger partial charge in [-0.25, -0.2) is 9.67 Å². The van der Waals surface area contributed by atoms with Gasteiger partial charge in [0, 0.05) is 12.4 Å². The van der Waals surface area contributed by atoms with E-state index in [2.05, 4.69) is 10.1 Å². The summed E-state index contributed by atoms with van der Waals surface area (Å²) in [6, 6.07) is 7.34. The molecule has 0 aliphatic rings. The first kappa shape index (κ1) is 9.86. The lowest BCUT2D eigenvalue weighted by atomic mass is 10.1. The van der Waals surface area contributed by atoms with E-state index < -0.39 is 5.60 Å². The SMILES string of the molecule is CC(C)(O)c1cccc(-n2cccn2)n1. The number of hydrogen-bond acceptors (Lipinski definition) is 3. The van der Waals surface area contributed by atoms with Gasteiger partial charge in [0.15, 0.2) is 5.82 Å².